The van der Waals surface area contributed by atoms with Gasteiger partial charge in [-0.25, -0.2) is 0 Å². The van der Waals surface area contributed by atoms with Crippen molar-refractivity contribution in [3.63, 3.8) is 0 Å². The van der Waals surface area contributed by atoms with Crippen LogP contribution in [0.15, 0.2) is 0 Å². The van der Waals surface area contributed by atoms with Crippen molar-refractivity contribution in [2.45, 2.75) is 52.7 Å². The lowest BCUT2D eigenvalue weighted by Crippen LogP contribution is -2.50. The first kappa shape index (κ1) is 14.5. The van der Waals surface area contributed by atoms with Gasteiger partial charge in [-0.3, -0.25) is 9.69 Å². The van der Waals surface area contributed by atoms with E-state index < -0.39 is 6.04 Å². The topological polar surface area (TPSA) is 58.4 Å². The second-order valence-corrected chi connectivity index (χ2v) is 5.91. The van der Waals surface area contributed by atoms with E-state index >= 15 is 0 Å². The molecule has 4 nitrogen and oxygen atoms in total. The van der Waals surface area contributed by atoms with Crippen LogP contribution in [0.4, 0.5) is 0 Å². The monoisotopic (exact) mass is 241 g/mol. The van der Waals surface area contributed by atoms with E-state index in [1.54, 1.807) is 0 Å². The average molecular weight is 241 g/mol. The molecule has 0 saturated carbocycles. The van der Waals surface area contributed by atoms with E-state index in [4.69, 9.17) is 5.73 Å². The molecule has 0 aliphatic carbocycles. The van der Waals surface area contributed by atoms with E-state index in [1.165, 1.54) is 0 Å². The van der Waals surface area contributed by atoms with Crippen LogP contribution >= 0.6 is 0 Å². The van der Waals surface area contributed by atoms with E-state index in [0.717, 1.165) is 13.1 Å². The lowest BCUT2D eigenvalue weighted by atomic mass is 10.0. The van der Waals surface area contributed by atoms with E-state index in [0.29, 0.717) is 12.0 Å². The minimum Gasteiger partial charge on any atom is -0.350 e. The van der Waals surface area contributed by atoms with Crippen molar-refractivity contribution in [3.05, 3.63) is 0 Å². The van der Waals surface area contributed by atoms with Crippen LogP contribution in [0.3, 0.4) is 0 Å². The number of likely N-dealkylation sites (tertiary alicyclic amines) is 1. The van der Waals surface area contributed by atoms with Crippen LogP contribution in [0.2, 0.25) is 0 Å². The Morgan fingerprint density at radius 1 is 1.29 bits per heavy atom. The quantitative estimate of drug-likeness (QED) is 0.766. The summed E-state index contributed by atoms with van der Waals surface area (Å²) in [6.45, 7) is 12.5. The number of hydrogen-bond donors (Lipinski definition) is 2. The molecule has 1 saturated heterocycles. The van der Waals surface area contributed by atoms with Crippen molar-refractivity contribution in [3.8, 4) is 0 Å². The molecule has 1 aliphatic rings. The van der Waals surface area contributed by atoms with Crippen LogP contribution in [0.25, 0.3) is 0 Å². The zero-order chi connectivity index (χ0) is 13.2. The molecule has 1 heterocycles. The van der Waals surface area contributed by atoms with Gasteiger partial charge in [-0.05, 0) is 25.7 Å². The minimum atomic E-state index is -0.393. The molecule has 17 heavy (non-hydrogen) atoms. The number of carbonyl (C=O) groups excluding carboxylic acids is 1. The van der Waals surface area contributed by atoms with E-state index in [1.807, 2.05) is 13.8 Å². The third-order valence-corrected chi connectivity index (χ3v) is 3.72. The average Bonchev–Trinajstić information content (AvgIpc) is 2.59. The minimum absolute atomic E-state index is 0.0116. The molecule has 4 heteroatoms. The number of carbonyl (C=O) groups is 1. The largest absolute Gasteiger partial charge is 0.350 e. The van der Waals surface area contributed by atoms with Crippen molar-refractivity contribution in [1.29, 1.82) is 0 Å². The summed E-state index contributed by atoms with van der Waals surface area (Å²) < 4.78 is 0. The summed E-state index contributed by atoms with van der Waals surface area (Å²) in [4.78, 5) is 14.3. The zero-order valence-corrected chi connectivity index (χ0v) is 11.7. The maximum absolute atomic E-state index is 11.9. The second kappa shape index (κ2) is 5.83. The van der Waals surface area contributed by atoms with Crippen molar-refractivity contribution >= 4 is 5.91 Å². The molecule has 1 fully saturated rings. The van der Waals surface area contributed by atoms with Crippen LogP contribution in [-0.2, 0) is 4.79 Å². The van der Waals surface area contributed by atoms with Crippen LogP contribution in [0.1, 0.15) is 34.6 Å². The number of rotatable bonds is 4. The van der Waals surface area contributed by atoms with Gasteiger partial charge in [0.15, 0.2) is 0 Å². The number of amides is 1. The molecule has 3 N–H and O–H groups in total. The van der Waals surface area contributed by atoms with Gasteiger partial charge in [0.25, 0.3) is 0 Å². The van der Waals surface area contributed by atoms with Crippen LogP contribution in [0, 0.1) is 11.8 Å². The van der Waals surface area contributed by atoms with Gasteiger partial charge in [-0.15, -0.1) is 0 Å². The van der Waals surface area contributed by atoms with Crippen molar-refractivity contribution in [1.82, 2.24) is 10.2 Å². The Kier molecular flexibility index (Phi) is 4.95. The fourth-order valence-corrected chi connectivity index (χ4v) is 2.20. The van der Waals surface area contributed by atoms with Crippen molar-refractivity contribution < 1.29 is 4.79 Å². The highest BCUT2D eigenvalue weighted by Gasteiger charge is 2.32. The Labute approximate surface area is 105 Å². The molecular weight excluding hydrogens is 214 g/mol. The standard InChI is InChI=1S/C13H27N3O/c1-8(2)12(14)13(17)15-11-7-16(9(3)4)6-10(11)5/h8-12H,6-7,14H2,1-5H3,(H,15,17)/t10?,11?,12-/m0/s1. The molecule has 0 aromatic rings. The van der Waals surface area contributed by atoms with Crippen LogP contribution in [-0.4, -0.2) is 42.0 Å². The Balaban J connectivity index is 2.50. The molecule has 100 valence electrons. The Morgan fingerprint density at radius 2 is 1.88 bits per heavy atom. The van der Waals surface area contributed by atoms with E-state index in [9.17, 15) is 4.79 Å². The van der Waals surface area contributed by atoms with Gasteiger partial charge in [-0.2, -0.15) is 0 Å². The molecule has 2 unspecified atom stereocenters. The van der Waals surface area contributed by atoms with Gasteiger partial charge in [0.2, 0.25) is 5.91 Å². The summed E-state index contributed by atoms with van der Waals surface area (Å²) in [6.07, 6.45) is 0. The van der Waals surface area contributed by atoms with Gasteiger partial charge >= 0.3 is 0 Å². The molecule has 3 atom stereocenters. The Hall–Kier alpha value is -0.610. The number of hydrogen-bond acceptors (Lipinski definition) is 3. The molecule has 0 radical (unpaired) electrons. The van der Waals surface area contributed by atoms with Gasteiger partial charge < -0.3 is 11.1 Å². The SMILES string of the molecule is CC1CN(C(C)C)CC1NC(=O)[C@@H](N)C(C)C. The zero-order valence-electron chi connectivity index (χ0n) is 11.7. The molecule has 1 amide bonds. The first-order valence-electron chi connectivity index (χ1n) is 6.63. The van der Waals surface area contributed by atoms with E-state index in [2.05, 4.69) is 31.0 Å². The second-order valence-electron chi connectivity index (χ2n) is 5.91. The predicted octanol–water partition coefficient (Wildman–Crippen LogP) is 0.815. The maximum atomic E-state index is 11.9. The van der Waals surface area contributed by atoms with Gasteiger partial charge in [0.05, 0.1) is 6.04 Å². The summed E-state index contributed by atoms with van der Waals surface area (Å²) in [5, 5.41) is 3.09. The normalized spacial score (nSPS) is 27.8. The molecule has 0 aromatic heterocycles. The third-order valence-electron chi connectivity index (χ3n) is 3.72. The lowest BCUT2D eigenvalue weighted by Gasteiger charge is -2.22. The summed E-state index contributed by atoms with van der Waals surface area (Å²) in [6, 6.07) is 0.392. The van der Waals surface area contributed by atoms with Gasteiger partial charge in [-0.1, -0.05) is 20.8 Å². The maximum Gasteiger partial charge on any atom is 0.237 e. The highest BCUT2D eigenvalue weighted by Crippen LogP contribution is 2.18. The molecule has 1 aliphatic heterocycles. The number of nitrogens with zero attached hydrogens (tertiary/aromatic N) is 1. The number of nitrogens with one attached hydrogen (secondary N) is 1. The van der Waals surface area contributed by atoms with Crippen molar-refractivity contribution in [2.24, 2.45) is 17.6 Å². The molecule has 0 spiro atoms. The fraction of sp³-hybridized carbons (Fsp3) is 0.923. The van der Waals surface area contributed by atoms with E-state index in [-0.39, 0.29) is 17.9 Å². The van der Waals surface area contributed by atoms with Gasteiger partial charge in [0, 0.05) is 25.2 Å². The predicted molar refractivity (Wildman–Crippen MR) is 70.6 cm³/mol. The highest BCUT2D eigenvalue weighted by molar-refractivity contribution is 5.82. The molecule has 0 bridgehead atoms. The summed E-state index contributed by atoms with van der Waals surface area (Å²) >= 11 is 0. The first-order valence-corrected chi connectivity index (χ1v) is 6.63. The summed E-state index contributed by atoms with van der Waals surface area (Å²) in [5.41, 5.74) is 5.85. The highest BCUT2D eigenvalue weighted by atomic mass is 16.2. The lowest BCUT2D eigenvalue weighted by molar-refractivity contribution is -0.124. The summed E-state index contributed by atoms with van der Waals surface area (Å²) in [7, 11) is 0. The molecule has 1 rings (SSSR count). The molecular formula is C13H27N3O. The third kappa shape index (κ3) is 3.68. The Morgan fingerprint density at radius 3 is 2.29 bits per heavy atom. The van der Waals surface area contributed by atoms with Crippen LogP contribution < -0.4 is 11.1 Å². The smallest absolute Gasteiger partial charge is 0.237 e. The molecule has 0 aromatic carbocycles. The van der Waals surface area contributed by atoms with Gasteiger partial charge in [0.1, 0.15) is 0 Å². The fourth-order valence-electron chi connectivity index (χ4n) is 2.20. The van der Waals surface area contributed by atoms with Crippen molar-refractivity contribution in [2.75, 3.05) is 13.1 Å². The number of nitrogens with two attached hydrogens (primary N) is 1. The summed E-state index contributed by atoms with van der Waals surface area (Å²) in [5.74, 6) is 0.677. The van der Waals surface area contributed by atoms with Crippen LogP contribution in [0.5, 0.6) is 0 Å². The Bertz CT molecular complexity index is 265. The first-order chi connectivity index (χ1) is 7.82.